The summed E-state index contributed by atoms with van der Waals surface area (Å²) in [6, 6.07) is 9.84. The van der Waals surface area contributed by atoms with Crippen molar-refractivity contribution in [3.05, 3.63) is 67.3 Å². The van der Waals surface area contributed by atoms with Gasteiger partial charge in [0, 0.05) is 23.5 Å². The van der Waals surface area contributed by atoms with Crippen LogP contribution >= 0.6 is 0 Å². The lowest BCUT2D eigenvalue weighted by molar-refractivity contribution is 0.518. The fraction of sp³-hybridized carbons (Fsp3) is 0.0588. The number of nitrogens with zero attached hydrogens (tertiary/aromatic N) is 2. The number of rotatable bonds is 4. The maximum atomic E-state index is 5.33. The van der Waals surface area contributed by atoms with Gasteiger partial charge in [-0.3, -0.25) is 4.98 Å². The molecule has 1 aliphatic carbocycles. The van der Waals surface area contributed by atoms with E-state index in [1.807, 2.05) is 24.3 Å². The molecule has 0 saturated heterocycles. The zero-order valence-corrected chi connectivity index (χ0v) is 11.7. The lowest BCUT2D eigenvalue weighted by atomic mass is 10.2. The smallest absolute Gasteiger partial charge is 0.152 e. The monoisotopic (exact) mass is 291 g/mol. The van der Waals surface area contributed by atoms with E-state index in [-0.39, 0.29) is 0 Å². The van der Waals surface area contributed by atoms with Crippen LogP contribution in [0.3, 0.4) is 0 Å². The largest absolute Gasteiger partial charge is 0.472 e. The van der Waals surface area contributed by atoms with Crippen LogP contribution in [0.2, 0.25) is 0 Å². The highest BCUT2D eigenvalue weighted by molar-refractivity contribution is 5.81. The molecule has 0 bridgehead atoms. The third-order valence-electron chi connectivity index (χ3n) is 3.46. The summed E-state index contributed by atoms with van der Waals surface area (Å²) in [4.78, 5) is 8.84. The van der Waals surface area contributed by atoms with Crippen molar-refractivity contribution in [2.24, 2.45) is 0 Å². The molecule has 5 nitrogen and oxygen atoms in total. The highest BCUT2D eigenvalue weighted by Gasteiger charge is 2.13. The van der Waals surface area contributed by atoms with Crippen LogP contribution in [-0.4, -0.2) is 9.97 Å². The van der Waals surface area contributed by atoms with Gasteiger partial charge in [-0.25, -0.2) is 4.98 Å². The van der Waals surface area contributed by atoms with E-state index < -0.39 is 0 Å². The third-order valence-corrected chi connectivity index (χ3v) is 3.46. The lowest BCUT2D eigenvalue weighted by Gasteiger charge is -2.07. The van der Waals surface area contributed by atoms with Crippen LogP contribution in [0, 0.1) is 0 Å². The first-order chi connectivity index (χ1) is 10.9. The van der Waals surface area contributed by atoms with Gasteiger partial charge in [0.05, 0.1) is 25.3 Å². The van der Waals surface area contributed by atoms with Crippen molar-refractivity contribution in [1.82, 2.24) is 9.97 Å². The van der Waals surface area contributed by atoms with E-state index in [4.69, 9.17) is 8.83 Å². The molecule has 2 aromatic heterocycles. The number of fused-ring (bicyclic) bond motifs is 1. The molecule has 5 heteroatoms. The van der Waals surface area contributed by atoms with Gasteiger partial charge >= 0.3 is 0 Å². The summed E-state index contributed by atoms with van der Waals surface area (Å²) in [5, 5.41) is 3.27. The average molecular weight is 291 g/mol. The second kappa shape index (κ2) is 5.37. The van der Waals surface area contributed by atoms with Crippen molar-refractivity contribution < 1.29 is 8.83 Å². The van der Waals surface area contributed by atoms with Gasteiger partial charge in [-0.1, -0.05) is 0 Å². The molecule has 0 aromatic carbocycles. The molecule has 0 fully saturated rings. The molecular weight excluding hydrogens is 278 g/mol. The number of anilines is 1. The first-order valence-electron chi connectivity index (χ1n) is 6.94. The minimum Gasteiger partial charge on any atom is -0.472 e. The predicted molar refractivity (Wildman–Crippen MR) is 82.4 cm³/mol. The van der Waals surface area contributed by atoms with E-state index in [2.05, 4.69) is 21.4 Å². The Morgan fingerprint density at radius 2 is 1.86 bits per heavy atom. The van der Waals surface area contributed by atoms with Gasteiger partial charge in [0.25, 0.3) is 0 Å². The first-order valence-corrected chi connectivity index (χ1v) is 6.94. The standard InChI is InChI=1S/C17H13N3O2/c1-2-15(22-6-1)10-20-17-16(18-4-5-19-17)13-8-12-3-7-21-11-14(12)9-13/h1-9,11H,10H2,(H,19,20). The minimum absolute atomic E-state index is 0.564. The number of hydrogen-bond donors (Lipinski definition) is 1. The molecule has 1 aliphatic heterocycles. The van der Waals surface area contributed by atoms with Crippen LogP contribution in [0.15, 0.2) is 70.3 Å². The Bertz CT molecular complexity index is 822. The van der Waals surface area contributed by atoms with Crippen molar-refractivity contribution in [3.63, 3.8) is 0 Å². The molecule has 0 amide bonds. The van der Waals surface area contributed by atoms with Gasteiger partial charge in [0.1, 0.15) is 11.5 Å². The summed E-state index contributed by atoms with van der Waals surface area (Å²) < 4.78 is 10.5. The topological polar surface area (TPSA) is 64.1 Å². The Balaban J connectivity index is 1.68. The summed E-state index contributed by atoms with van der Waals surface area (Å²) in [7, 11) is 0. The average Bonchev–Trinajstić information content (AvgIpc) is 3.22. The third kappa shape index (κ3) is 2.33. The summed E-state index contributed by atoms with van der Waals surface area (Å²) in [5.41, 5.74) is 3.97. The maximum Gasteiger partial charge on any atom is 0.152 e. The zero-order valence-electron chi connectivity index (χ0n) is 11.7. The molecule has 0 radical (unpaired) electrons. The molecule has 22 heavy (non-hydrogen) atoms. The Morgan fingerprint density at radius 3 is 2.73 bits per heavy atom. The zero-order chi connectivity index (χ0) is 14.8. The summed E-state index contributed by atoms with van der Waals surface area (Å²) in [6.07, 6.45) is 8.41. The van der Waals surface area contributed by atoms with Crippen LogP contribution in [0.1, 0.15) is 5.76 Å². The van der Waals surface area contributed by atoms with E-state index in [9.17, 15) is 0 Å². The molecule has 0 saturated carbocycles. The van der Waals surface area contributed by atoms with Crippen molar-refractivity contribution >= 4 is 5.82 Å². The van der Waals surface area contributed by atoms with E-state index in [1.54, 1.807) is 31.2 Å². The molecule has 0 unspecified atom stereocenters. The number of aromatic nitrogens is 2. The molecule has 0 spiro atoms. The Labute approximate surface area is 127 Å². The Morgan fingerprint density at radius 1 is 0.955 bits per heavy atom. The van der Waals surface area contributed by atoms with Crippen LogP contribution in [-0.2, 0) is 6.54 Å². The summed E-state index contributed by atoms with van der Waals surface area (Å²) >= 11 is 0. The predicted octanol–water partition coefficient (Wildman–Crippen LogP) is 4.05. The number of nitrogens with one attached hydrogen (secondary N) is 1. The van der Waals surface area contributed by atoms with Gasteiger partial charge in [0.15, 0.2) is 5.82 Å². The molecule has 0 atom stereocenters. The van der Waals surface area contributed by atoms with Crippen LogP contribution < -0.4 is 5.32 Å². The van der Waals surface area contributed by atoms with Gasteiger partial charge in [-0.05, 0) is 35.9 Å². The number of furan rings is 1. The van der Waals surface area contributed by atoms with Crippen LogP contribution in [0.25, 0.3) is 22.4 Å². The van der Waals surface area contributed by atoms with Crippen molar-refractivity contribution in [3.8, 4) is 22.4 Å². The van der Waals surface area contributed by atoms with Gasteiger partial charge in [-0.15, -0.1) is 0 Å². The van der Waals surface area contributed by atoms with Crippen LogP contribution in [0.5, 0.6) is 0 Å². The highest BCUT2D eigenvalue weighted by atomic mass is 16.3. The van der Waals surface area contributed by atoms with E-state index in [1.165, 1.54) is 0 Å². The quantitative estimate of drug-likeness (QED) is 0.614. The van der Waals surface area contributed by atoms with Gasteiger partial charge in [0.2, 0.25) is 0 Å². The highest BCUT2D eigenvalue weighted by Crippen LogP contribution is 2.33. The molecule has 2 aliphatic rings. The fourth-order valence-corrected chi connectivity index (χ4v) is 2.41. The lowest BCUT2D eigenvalue weighted by Crippen LogP contribution is -2.03. The van der Waals surface area contributed by atoms with E-state index in [0.29, 0.717) is 6.54 Å². The molecular formula is C17H13N3O2. The van der Waals surface area contributed by atoms with Gasteiger partial charge < -0.3 is 14.2 Å². The second-order valence-corrected chi connectivity index (χ2v) is 4.90. The Hall–Kier alpha value is -3.08. The molecule has 2 aromatic rings. The molecule has 4 rings (SSSR count). The maximum absolute atomic E-state index is 5.33. The van der Waals surface area contributed by atoms with E-state index >= 15 is 0 Å². The normalized spacial score (nSPS) is 10.9. The fourth-order valence-electron chi connectivity index (χ4n) is 2.41. The molecule has 1 N–H and O–H groups in total. The van der Waals surface area contributed by atoms with E-state index in [0.717, 1.165) is 34.0 Å². The van der Waals surface area contributed by atoms with Crippen molar-refractivity contribution in [1.29, 1.82) is 0 Å². The molecule has 108 valence electrons. The second-order valence-electron chi connectivity index (χ2n) is 4.90. The Kier molecular flexibility index (Phi) is 3.08. The van der Waals surface area contributed by atoms with Crippen molar-refractivity contribution in [2.75, 3.05) is 5.32 Å². The van der Waals surface area contributed by atoms with Gasteiger partial charge in [-0.2, -0.15) is 0 Å². The number of hydrogen-bond acceptors (Lipinski definition) is 5. The van der Waals surface area contributed by atoms with Crippen LogP contribution in [0.4, 0.5) is 5.82 Å². The van der Waals surface area contributed by atoms with Crippen molar-refractivity contribution in [2.45, 2.75) is 6.54 Å². The molecule has 3 heterocycles. The minimum atomic E-state index is 0.564. The first kappa shape index (κ1) is 12.6. The summed E-state index contributed by atoms with van der Waals surface area (Å²) in [6.45, 7) is 0.564. The summed E-state index contributed by atoms with van der Waals surface area (Å²) in [5.74, 6) is 1.58. The SMILES string of the molecule is c1coc(CNc2nccnc2-c2cc3ccocc-3c2)c1.